The number of aliphatic hydroxyl groups is 1. The fourth-order valence-electron chi connectivity index (χ4n) is 1.55. The molecule has 0 bridgehead atoms. The Labute approximate surface area is 111 Å². The van der Waals surface area contributed by atoms with Crippen LogP contribution in [0.25, 0.3) is 0 Å². The van der Waals surface area contributed by atoms with Gasteiger partial charge in [-0.2, -0.15) is 0 Å². The Bertz CT molecular complexity index is 422. The van der Waals surface area contributed by atoms with Crippen molar-refractivity contribution in [1.29, 1.82) is 0 Å². The highest BCUT2D eigenvalue weighted by atomic mass is 16.4. The van der Waals surface area contributed by atoms with Crippen LogP contribution in [0.2, 0.25) is 0 Å². The Morgan fingerprint density at radius 3 is 2.47 bits per heavy atom. The van der Waals surface area contributed by atoms with Crippen LogP contribution in [0.1, 0.15) is 12.0 Å². The maximum absolute atomic E-state index is 11.6. The summed E-state index contributed by atoms with van der Waals surface area (Å²) in [7, 11) is 0. The third kappa shape index (κ3) is 5.50. The molecule has 6 heteroatoms. The van der Waals surface area contributed by atoms with Gasteiger partial charge in [-0.05, 0) is 12.0 Å². The average Bonchev–Trinajstić information content (AvgIpc) is 2.39. The summed E-state index contributed by atoms with van der Waals surface area (Å²) in [5.74, 6) is -1.66. The molecule has 0 saturated heterocycles. The summed E-state index contributed by atoms with van der Waals surface area (Å²) < 4.78 is 0. The molecular weight excluding hydrogens is 248 g/mol. The first kappa shape index (κ1) is 15.1. The molecule has 0 aliphatic rings. The van der Waals surface area contributed by atoms with Crippen molar-refractivity contribution in [2.24, 2.45) is 5.73 Å². The van der Waals surface area contributed by atoms with Crippen LogP contribution >= 0.6 is 0 Å². The Kier molecular flexibility index (Phi) is 5.98. The second-order valence-electron chi connectivity index (χ2n) is 4.23. The van der Waals surface area contributed by atoms with E-state index in [0.29, 0.717) is 6.42 Å². The van der Waals surface area contributed by atoms with Gasteiger partial charge in [0, 0.05) is 13.0 Å². The molecule has 1 rings (SSSR count). The zero-order chi connectivity index (χ0) is 14.3. The minimum absolute atomic E-state index is 0.0425. The molecule has 0 spiro atoms. The second-order valence-corrected chi connectivity index (χ2v) is 4.23. The molecule has 5 N–H and O–H groups in total. The van der Waals surface area contributed by atoms with Gasteiger partial charge in [-0.1, -0.05) is 30.3 Å². The number of carbonyl (C=O) groups excluding carboxylic acids is 1. The van der Waals surface area contributed by atoms with Gasteiger partial charge in [0.2, 0.25) is 5.91 Å². The van der Waals surface area contributed by atoms with Crippen LogP contribution < -0.4 is 11.1 Å². The number of amides is 1. The predicted molar refractivity (Wildman–Crippen MR) is 69.4 cm³/mol. The molecule has 19 heavy (non-hydrogen) atoms. The van der Waals surface area contributed by atoms with Crippen molar-refractivity contribution in [3.8, 4) is 0 Å². The molecule has 0 saturated carbocycles. The summed E-state index contributed by atoms with van der Waals surface area (Å²) in [6, 6.07) is 8.67. The Morgan fingerprint density at radius 1 is 1.26 bits per heavy atom. The van der Waals surface area contributed by atoms with Gasteiger partial charge in [0.05, 0.1) is 6.04 Å². The highest BCUT2D eigenvalue weighted by Crippen LogP contribution is 2.01. The zero-order valence-electron chi connectivity index (χ0n) is 10.5. The fourth-order valence-corrected chi connectivity index (χ4v) is 1.55. The first-order valence-electron chi connectivity index (χ1n) is 5.99. The normalized spacial score (nSPS) is 13.6. The number of aliphatic carboxylic acids is 1. The number of nitrogens with one attached hydrogen (secondary N) is 1. The average molecular weight is 266 g/mol. The van der Waals surface area contributed by atoms with Crippen LogP contribution in [0.15, 0.2) is 30.3 Å². The molecule has 0 aromatic heterocycles. The predicted octanol–water partition coefficient (Wildman–Crippen LogP) is -0.492. The van der Waals surface area contributed by atoms with Crippen LogP contribution in [0.5, 0.6) is 0 Å². The zero-order valence-corrected chi connectivity index (χ0v) is 10.5. The van der Waals surface area contributed by atoms with Crippen molar-refractivity contribution in [1.82, 2.24) is 5.32 Å². The van der Waals surface area contributed by atoms with E-state index in [0.717, 1.165) is 5.56 Å². The van der Waals surface area contributed by atoms with Crippen molar-refractivity contribution in [2.45, 2.75) is 25.0 Å². The number of hydrogen-bond acceptors (Lipinski definition) is 4. The Morgan fingerprint density at radius 2 is 1.89 bits per heavy atom. The fraction of sp³-hybridized carbons (Fsp3) is 0.385. The maximum Gasteiger partial charge on any atom is 0.332 e. The summed E-state index contributed by atoms with van der Waals surface area (Å²) in [5, 5.41) is 20.0. The Balaban J connectivity index is 2.31. The van der Waals surface area contributed by atoms with E-state index in [9.17, 15) is 9.59 Å². The van der Waals surface area contributed by atoms with Crippen molar-refractivity contribution in [3.63, 3.8) is 0 Å². The lowest BCUT2D eigenvalue weighted by molar-refractivity contribution is -0.147. The molecule has 1 aromatic carbocycles. The number of carboxylic acid groups (broad SMARTS) is 1. The SMILES string of the molecule is N[C@@H](Cc1ccccc1)C(=O)NCC[C@H](O)C(=O)O. The Hall–Kier alpha value is -1.92. The number of hydrogen-bond donors (Lipinski definition) is 4. The summed E-state index contributed by atoms with van der Waals surface area (Å²) in [6.07, 6.45) is -1.10. The van der Waals surface area contributed by atoms with Crippen LogP contribution in [0.3, 0.4) is 0 Å². The largest absolute Gasteiger partial charge is 0.479 e. The maximum atomic E-state index is 11.6. The third-order valence-corrected chi connectivity index (χ3v) is 2.64. The van der Waals surface area contributed by atoms with Gasteiger partial charge in [-0.25, -0.2) is 4.79 Å². The van der Waals surface area contributed by atoms with Crippen LogP contribution in [-0.4, -0.2) is 40.8 Å². The van der Waals surface area contributed by atoms with E-state index < -0.39 is 18.1 Å². The van der Waals surface area contributed by atoms with Crippen molar-refractivity contribution < 1.29 is 19.8 Å². The van der Waals surface area contributed by atoms with E-state index in [2.05, 4.69) is 5.32 Å². The number of aliphatic hydroxyl groups excluding tert-OH is 1. The lowest BCUT2D eigenvalue weighted by Gasteiger charge is -2.13. The van der Waals surface area contributed by atoms with Crippen molar-refractivity contribution in [2.75, 3.05) is 6.54 Å². The number of carbonyl (C=O) groups is 2. The van der Waals surface area contributed by atoms with Gasteiger partial charge in [0.15, 0.2) is 6.10 Å². The van der Waals surface area contributed by atoms with Crippen LogP contribution in [0, 0.1) is 0 Å². The van der Waals surface area contributed by atoms with Gasteiger partial charge in [-0.3, -0.25) is 4.79 Å². The molecule has 0 fully saturated rings. The van der Waals surface area contributed by atoms with E-state index in [1.54, 1.807) is 0 Å². The number of benzene rings is 1. The van der Waals surface area contributed by atoms with Crippen LogP contribution in [-0.2, 0) is 16.0 Å². The molecule has 0 unspecified atom stereocenters. The molecule has 1 amide bonds. The smallest absolute Gasteiger partial charge is 0.332 e. The van der Waals surface area contributed by atoms with E-state index in [1.807, 2.05) is 30.3 Å². The molecular formula is C13H18N2O4. The number of nitrogens with two attached hydrogens (primary N) is 1. The van der Waals surface area contributed by atoms with Crippen LogP contribution in [0.4, 0.5) is 0 Å². The summed E-state index contributed by atoms with van der Waals surface area (Å²) in [6.45, 7) is 0.0782. The minimum Gasteiger partial charge on any atom is -0.479 e. The topological polar surface area (TPSA) is 113 Å². The minimum atomic E-state index is -1.47. The molecule has 6 nitrogen and oxygen atoms in total. The van der Waals surface area contributed by atoms with Gasteiger partial charge < -0.3 is 21.3 Å². The molecule has 2 atom stereocenters. The first-order chi connectivity index (χ1) is 9.00. The monoisotopic (exact) mass is 266 g/mol. The molecule has 0 aliphatic carbocycles. The van der Waals surface area contributed by atoms with Crippen molar-refractivity contribution >= 4 is 11.9 Å². The summed E-state index contributed by atoms with van der Waals surface area (Å²) in [4.78, 5) is 22.0. The molecule has 0 heterocycles. The number of rotatable bonds is 7. The lowest BCUT2D eigenvalue weighted by atomic mass is 10.1. The lowest BCUT2D eigenvalue weighted by Crippen LogP contribution is -2.43. The third-order valence-electron chi connectivity index (χ3n) is 2.64. The van der Waals surface area contributed by atoms with E-state index in [1.165, 1.54) is 0 Å². The molecule has 0 radical (unpaired) electrons. The molecule has 0 aliphatic heterocycles. The van der Waals surface area contributed by atoms with Gasteiger partial charge >= 0.3 is 5.97 Å². The number of carboxylic acids is 1. The van der Waals surface area contributed by atoms with Crippen molar-refractivity contribution in [3.05, 3.63) is 35.9 Å². The molecule has 104 valence electrons. The van der Waals surface area contributed by atoms with E-state index in [4.69, 9.17) is 15.9 Å². The molecule has 1 aromatic rings. The van der Waals surface area contributed by atoms with Gasteiger partial charge in [0.1, 0.15) is 0 Å². The van der Waals surface area contributed by atoms with Gasteiger partial charge in [0.25, 0.3) is 0 Å². The summed E-state index contributed by atoms with van der Waals surface area (Å²) >= 11 is 0. The second kappa shape index (κ2) is 7.50. The summed E-state index contributed by atoms with van der Waals surface area (Å²) in [5.41, 5.74) is 6.69. The highest BCUT2D eigenvalue weighted by molar-refractivity contribution is 5.81. The standard InChI is InChI=1S/C13H18N2O4/c14-10(8-9-4-2-1-3-5-9)12(17)15-7-6-11(16)13(18)19/h1-5,10-11,16H,6-8,14H2,(H,15,17)(H,18,19)/t10-,11-/m0/s1. The van der Waals surface area contributed by atoms with E-state index >= 15 is 0 Å². The van der Waals surface area contributed by atoms with E-state index in [-0.39, 0.29) is 18.9 Å². The first-order valence-corrected chi connectivity index (χ1v) is 5.99. The quantitative estimate of drug-likeness (QED) is 0.532. The van der Waals surface area contributed by atoms with Gasteiger partial charge in [-0.15, -0.1) is 0 Å². The highest BCUT2D eigenvalue weighted by Gasteiger charge is 2.16.